The van der Waals surface area contributed by atoms with E-state index in [4.69, 9.17) is 0 Å². The maximum Gasteiger partial charge on any atom is 0.133 e. The van der Waals surface area contributed by atoms with Gasteiger partial charge in [0.25, 0.3) is 0 Å². The van der Waals surface area contributed by atoms with Crippen LogP contribution in [0, 0.1) is 18.6 Å². The van der Waals surface area contributed by atoms with Crippen LogP contribution in [0.25, 0.3) is 0 Å². The van der Waals surface area contributed by atoms with E-state index in [0.29, 0.717) is 5.56 Å². The van der Waals surface area contributed by atoms with Crippen LogP contribution in [0.2, 0.25) is 0 Å². The fraction of sp³-hybridized carbons (Fsp3) is 0.538. The van der Waals surface area contributed by atoms with Gasteiger partial charge in [-0.05, 0) is 25.5 Å². The molecule has 2 rings (SSSR count). The third-order valence-electron chi connectivity index (χ3n) is 3.44. The Morgan fingerprint density at radius 2 is 1.83 bits per heavy atom. The summed E-state index contributed by atoms with van der Waals surface area (Å²) in [5.74, 6) is -0.852. The largest absolute Gasteiger partial charge is 0.314 e. The fourth-order valence-electron chi connectivity index (χ4n) is 2.31. The lowest BCUT2D eigenvalue weighted by Crippen LogP contribution is -2.44. The summed E-state index contributed by atoms with van der Waals surface area (Å²) in [5, 5.41) is 3.23. The summed E-state index contributed by atoms with van der Waals surface area (Å²) >= 11 is 0. The average Bonchev–Trinajstić information content (AvgIpc) is 2.35. The lowest BCUT2D eigenvalue weighted by molar-refractivity contribution is 0.179. The van der Waals surface area contributed by atoms with Gasteiger partial charge in [-0.1, -0.05) is 6.07 Å². The number of aryl methyl sites for hydroxylation is 1. The minimum atomic E-state index is -0.445. The molecule has 1 aromatic rings. The summed E-state index contributed by atoms with van der Waals surface area (Å²) in [6, 6.07) is 2.63. The third kappa shape index (κ3) is 2.99. The number of hydrogen-bond donors (Lipinski definition) is 1. The Morgan fingerprint density at radius 1 is 1.22 bits per heavy atom. The van der Waals surface area contributed by atoms with Crippen molar-refractivity contribution >= 4 is 12.4 Å². The molecule has 1 fully saturated rings. The molecule has 5 heteroatoms. The van der Waals surface area contributed by atoms with E-state index in [1.807, 2.05) is 6.92 Å². The maximum atomic E-state index is 14.0. The zero-order chi connectivity index (χ0) is 12.4. The van der Waals surface area contributed by atoms with Crippen LogP contribution >= 0.6 is 12.4 Å². The van der Waals surface area contributed by atoms with E-state index in [9.17, 15) is 8.78 Å². The molecule has 1 aliphatic heterocycles. The predicted octanol–water partition coefficient (Wildman–Crippen LogP) is 2.66. The molecule has 1 atom stereocenters. The van der Waals surface area contributed by atoms with Crippen molar-refractivity contribution in [2.45, 2.75) is 19.9 Å². The quantitative estimate of drug-likeness (QED) is 0.893. The zero-order valence-corrected chi connectivity index (χ0v) is 11.5. The number of nitrogens with zero attached hydrogens (tertiary/aromatic N) is 1. The highest BCUT2D eigenvalue weighted by atomic mass is 35.5. The molecule has 0 aromatic heterocycles. The number of hydrogen-bond acceptors (Lipinski definition) is 2. The van der Waals surface area contributed by atoms with Crippen LogP contribution in [0.4, 0.5) is 8.78 Å². The topological polar surface area (TPSA) is 15.3 Å². The molecule has 0 saturated carbocycles. The van der Waals surface area contributed by atoms with Crippen molar-refractivity contribution < 1.29 is 8.78 Å². The average molecular weight is 277 g/mol. The van der Waals surface area contributed by atoms with Gasteiger partial charge in [0.2, 0.25) is 0 Å². The van der Waals surface area contributed by atoms with Gasteiger partial charge in [0.1, 0.15) is 11.6 Å². The number of halogens is 3. The Hall–Kier alpha value is -0.710. The first kappa shape index (κ1) is 15.3. The van der Waals surface area contributed by atoms with E-state index in [2.05, 4.69) is 10.2 Å². The van der Waals surface area contributed by atoms with Gasteiger partial charge in [-0.25, -0.2) is 8.78 Å². The molecule has 18 heavy (non-hydrogen) atoms. The fourth-order valence-corrected chi connectivity index (χ4v) is 2.31. The Labute approximate surface area is 113 Å². The van der Waals surface area contributed by atoms with Gasteiger partial charge < -0.3 is 5.32 Å². The molecule has 102 valence electrons. The van der Waals surface area contributed by atoms with E-state index in [-0.39, 0.29) is 24.0 Å². The molecule has 0 spiro atoms. The molecule has 0 aliphatic carbocycles. The summed E-state index contributed by atoms with van der Waals surface area (Å²) in [6.45, 7) is 6.94. The standard InChI is InChI=1S/C13H18F2N2.ClH/c1-9-3-4-11(14)12(13(9)15)10(2)17-7-5-16-6-8-17;/h3-4,10,16H,5-8H2,1-2H3;1H/t10-;/m0./s1. The van der Waals surface area contributed by atoms with Crippen molar-refractivity contribution in [1.29, 1.82) is 0 Å². The van der Waals surface area contributed by atoms with Crippen LogP contribution in [-0.2, 0) is 0 Å². The minimum Gasteiger partial charge on any atom is -0.314 e. The molecule has 0 amide bonds. The Balaban J connectivity index is 0.00000162. The van der Waals surface area contributed by atoms with E-state index < -0.39 is 11.6 Å². The summed E-state index contributed by atoms with van der Waals surface area (Å²) in [4.78, 5) is 2.11. The molecule has 1 aliphatic rings. The zero-order valence-electron chi connectivity index (χ0n) is 10.7. The predicted molar refractivity (Wildman–Crippen MR) is 71.2 cm³/mol. The molecular formula is C13H19ClF2N2. The van der Waals surface area contributed by atoms with Gasteiger partial charge in [0, 0.05) is 37.8 Å². The summed E-state index contributed by atoms with van der Waals surface area (Å²) < 4.78 is 27.7. The van der Waals surface area contributed by atoms with E-state index in [1.54, 1.807) is 6.92 Å². The van der Waals surface area contributed by atoms with Crippen LogP contribution in [0.1, 0.15) is 24.1 Å². The van der Waals surface area contributed by atoms with E-state index in [0.717, 1.165) is 26.2 Å². The smallest absolute Gasteiger partial charge is 0.133 e. The molecule has 1 saturated heterocycles. The van der Waals surface area contributed by atoms with Gasteiger partial charge in [0.15, 0.2) is 0 Å². The van der Waals surface area contributed by atoms with E-state index in [1.165, 1.54) is 12.1 Å². The third-order valence-corrected chi connectivity index (χ3v) is 3.44. The van der Waals surface area contributed by atoms with Crippen molar-refractivity contribution in [2.75, 3.05) is 26.2 Å². The summed E-state index contributed by atoms with van der Waals surface area (Å²) in [7, 11) is 0. The molecule has 0 unspecified atom stereocenters. The Kier molecular flexibility index (Phi) is 5.50. The van der Waals surface area contributed by atoms with Crippen molar-refractivity contribution in [3.8, 4) is 0 Å². The monoisotopic (exact) mass is 276 g/mol. The lowest BCUT2D eigenvalue weighted by atomic mass is 10.0. The molecule has 0 bridgehead atoms. The van der Waals surface area contributed by atoms with Crippen molar-refractivity contribution in [1.82, 2.24) is 10.2 Å². The van der Waals surface area contributed by atoms with Gasteiger partial charge in [-0.3, -0.25) is 4.90 Å². The highest BCUT2D eigenvalue weighted by Crippen LogP contribution is 2.27. The highest BCUT2D eigenvalue weighted by Gasteiger charge is 2.24. The summed E-state index contributed by atoms with van der Waals surface area (Å²) in [5.41, 5.74) is 0.704. The van der Waals surface area contributed by atoms with Crippen LogP contribution in [0.15, 0.2) is 12.1 Å². The molecule has 0 radical (unpaired) electrons. The molecule has 1 aromatic carbocycles. The van der Waals surface area contributed by atoms with Gasteiger partial charge in [-0.2, -0.15) is 0 Å². The molecule has 1 heterocycles. The van der Waals surface area contributed by atoms with Gasteiger partial charge in [0.05, 0.1) is 0 Å². The van der Waals surface area contributed by atoms with Crippen LogP contribution in [0.5, 0.6) is 0 Å². The second-order valence-corrected chi connectivity index (χ2v) is 4.55. The molecular weight excluding hydrogens is 258 g/mol. The first-order valence-electron chi connectivity index (χ1n) is 6.00. The number of benzene rings is 1. The van der Waals surface area contributed by atoms with Crippen molar-refractivity contribution in [3.63, 3.8) is 0 Å². The Morgan fingerprint density at radius 3 is 2.44 bits per heavy atom. The van der Waals surface area contributed by atoms with Crippen molar-refractivity contribution in [2.24, 2.45) is 0 Å². The maximum absolute atomic E-state index is 14.0. The highest BCUT2D eigenvalue weighted by molar-refractivity contribution is 5.85. The number of nitrogens with one attached hydrogen (secondary N) is 1. The SMILES string of the molecule is Cc1ccc(F)c([C@H](C)N2CCNCC2)c1F.Cl. The lowest BCUT2D eigenvalue weighted by Gasteiger charge is -2.33. The van der Waals surface area contributed by atoms with Crippen LogP contribution in [0.3, 0.4) is 0 Å². The Bertz CT molecular complexity index is 406. The first-order chi connectivity index (χ1) is 8.11. The van der Waals surface area contributed by atoms with Crippen LogP contribution in [-0.4, -0.2) is 31.1 Å². The second-order valence-electron chi connectivity index (χ2n) is 4.55. The van der Waals surface area contributed by atoms with Crippen molar-refractivity contribution in [3.05, 3.63) is 34.9 Å². The number of rotatable bonds is 2. The number of piperazine rings is 1. The first-order valence-corrected chi connectivity index (χ1v) is 6.00. The molecule has 1 N–H and O–H groups in total. The van der Waals surface area contributed by atoms with Gasteiger partial charge in [-0.15, -0.1) is 12.4 Å². The second kappa shape index (κ2) is 6.45. The van der Waals surface area contributed by atoms with E-state index >= 15 is 0 Å². The van der Waals surface area contributed by atoms with Gasteiger partial charge >= 0.3 is 0 Å². The summed E-state index contributed by atoms with van der Waals surface area (Å²) in [6.07, 6.45) is 0. The normalized spacial score (nSPS) is 18.2. The minimum absolute atomic E-state index is 0. The molecule has 2 nitrogen and oxygen atoms in total. The van der Waals surface area contributed by atoms with Crippen LogP contribution < -0.4 is 5.32 Å².